The molecule has 3 saturated heterocycles. The molecule has 30 heteroatoms. The number of rotatable bonds is 21. The number of benzene rings is 3. The predicted octanol–water partition coefficient (Wildman–Crippen LogP) is 5.65. The monoisotopic (exact) mass is 1370 g/mol. The number of amides is 3. The lowest BCUT2D eigenvalue weighted by Gasteiger charge is -2.39. The van der Waals surface area contributed by atoms with Gasteiger partial charge in [0.1, 0.15) is 35.7 Å². The number of sulfonamides is 3. The Bertz CT molecular complexity index is 4390. The number of carbonyl (C=O) groups is 6. The van der Waals surface area contributed by atoms with Crippen molar-refractivity contribution in [2.45, 2.75) is 78.6 Å². The second-order valence-electron chi connectivity index (χ2n) is 22.6. The molecule has 96 heavy (non-hydrogen) atoms. The third-order valence-corrected chi connectivity index (χ3v) is 19.0. The second kappa shape index (κ2) is 32.7. The van der Waals surface area contributed by atoms with Crippen molar-refractivity contribution in [2.24, 2.45) is 17.8 Å². The molecule has 6 aromatic rings. The van der Waals surface area contributed by atoms with Gasteiger partial charge >= 0.3 is 17.9 Å². The van der Waals surface area contributed by atoms with E-state index in [0.717, 1.165) is 5.56 Å². The van der Waals surface area contributed by atoms with E-state index in [4.69, 9.17) is 14.2 Å². The molecule has 3 aromatic heterocycles. The number of nitriles is 3. The smallest absolute Gasteiger partial charge is 0.340 e. The Kier molecular flexibility index (Phi) is 24.9. The molecule has 0 bridgehead atoms. The molecular formula is C66H72N12O15S3. The Balaban J connectivity index is 0.000000203. The molecule has 0 atom stereocenters. The molecule has 3 aromatic carbocycles. The molecule has 3 N–H and O–H groups in total. The molecule has 0 spiro atoms. The fourth-order valence-corrected chi connectivity index (χ4v) is 13.9. The minimum Gasteiger partial charge on any atom is -0.462 e. The van der Waals surface area contributed by atoms with E-state index >= 15 is 0 Å². The molecule has 0 unspecified atom stereocenters. The number of hydrogen-bond acceptors (Lipinski definition) is 24. The molecule has 3 amide bonds. The van der Waals surface area contributed by atoms with Gasteiger partial charge in [-0.15, -0.1) is 0 Å². The number of aromatic nitrogens is 3. The fraction of sp³-hybridized carbons (Fsp3) is 0.364. The van der Waals surface area contributed by atoms with Gasteiger partial charge in [-0.2, -0.15) is 15.8 Å². The lowest BCUT2D eigenvalue weighted by atomic mass is 9.96. The summed E-state index contributed by atoms with van der Waals surface area (Å²) in [5.41, 5.74) is 5.27. The first-order valence-electron chi connectivity index (χ1n) is 30.4. The van der Waals surface area contributed by atoms with E-state index in [0.29, 0.717) is 77.2 Å². The van der Waals surface area contributed by atoms with Crippen molar-refractivity contribution in [3.05, 3.63) is 176 Å². The minimum atomic E-state index is -3.83. The molecular weight excluding hydrogens is 1300 g/mol. The Morgan fingerprint density at radius 3 is 1.08 bits per heavy atom. The highest BCUT2D eigenvalue weighted by atomic mass is 32.2. The van der Waals surface area contributed by atoms with Crippen molar-refractivity contribution in [3.63, 3.8) is 0 Å². The number of nitrogens with one attached hydrogen (secondary N) is 3. The summed E-state index contributed by atoms with van der Waals surface area (Å²) in [6, 6.07) is 34.7. The highest BCUT2D eigenvalue weighted by Gasteiger charge is 2.39. The van der Waals surface area contributed by atoms with Crippen LogP contribution in [0.25, 0.3) is 0 Å². The Hall–Kier alpha value is -10.4. The van der Waals surface area contributed by atoms with Crippen LogP contribution >= 0.6 is 0 Å². The van der Waals surface area contributed by atoms with E-state index < -0.39 is 83.5 Å². The number of ether oxygens (including phenoxy) is 3. The van der Waals surface area contributed by atoms with Crippen molar-refractivity contribution >= 4 is 83.2 Å². The van der Waals surface area contributed by atoms with Gasteiger partial charge in [-0.3, -0.25) is 28.5 Å². The van der Waals surface area contributed by atoms with Crippen LogP contribution in [0.5, 0.6) is 0 Å². The van der Waals surface area contributed by atoms with Gasteiger partial charge in [0.2, 0.25) is 47.8 Å². The van der Waals surface area contributed by atoms with Gasteiger partial charge < -0.3 is 28.9 Å². The first kappa shape index (κ1) is 73.1. The maximum absolute atomic E-state index is 12.6. The average Bonchev–Trinajstić information content (AvgIpc) is 0.790. The number of pyridine rings is 3. The number of piperidine rings is 1. The van der Waals surface area contributed by atoms with Gasteiger partial charge in [0, 0.05) is 45.2 Å². The summed E-state index contributed by atoms with van der Waals surface area (Å²) in [6.07, 6.45) is 0.829. The molecule has 3 aliphatic heterocycles. The third kappa shape index (κ3) is 19.6. The number of anilines is 3. The number of aryl methyl sites for hydroxylation is 4. The van der Waals surface area contributed by atoms with Crippen LogP contribution in [0, 0.1) is 79.4 Å². The van der Waals surface area contributed by atoms with Crippen molar-refractivity contribution in [2.75, 3.05) is 73.8 Å². The molecule has 27 nitrogen and oxygen atoms in total. The highest BCUT2D eigenvalue weighted by Crippen LogP contribution is 2.31. The van der Waals surface area contributed by atoms with E-state index in [1.165, 1.54) is 18.2 Å². The highest BCUT2D eigenvalue weighted by molar-refractivity contribution is 7.89. The maximum atomic E-state index is 12.6. The summed E-state index contributed by atoms with van der Waals surface area (Å²) in [4.78, 5) is 92.0. The summed E-state index contributed by atoms with van der Waals surface area (Å²) in [7, 11) is -11.4. The largest absolute Gasteiger partial charge is 0.462 e. The van der Waals surface area contributed by atoms with Crippen LogP contribution in [0.4, 0.5) is 17.5 Å². The average molecular weight is 1370 g/mol. The van der Waals surface area contributed by atoms with Crippen LogP contribution in [0.15, 0.2) is 103 Å². The van der Waals surface area contributed by atoms with Crippen LogP contribution in [0.3, 0.4) is 0 Å². The van der Waals surface area contributed by atoms with Crippen LogP contribution in [-0.4, -0.2) is 135 Å². The van der Waals surface area contributed by atoms with Crippen LogP contribution in [0.2, 0.25) is 0 Å². The number of carbonyl (C=O) groups excluding carboxylic acids is 6. The standard InChI is InChI=1S/C23H26N4O5S.C22H24N4O5S.C21H22N4O5S/c1-3-32-23(29)20-13-19(14-24)21(25-16(20)2)27-11-9-18(10-12-27)22(28)26-33(30,31)15-17-7-5-4-6-8-17;1-4-31-22(28)19-9-17(10-23)20(24-15(19)3)26-11-18(12-26)21(27)25-32(29,30)13-16-7-5-6-14(2)8-16;1-3-30-21(27)18-9-16(10-22)19(23-14(18)2)25-11-17(12-25)20(26)24-31(28,29)13-15-7-5-4-6-8-15/h4-8,13,18H,3,9-12,15H2,1-2H3,(H,26,28);5-9,18H,4,11-13H2,1-3H3,(H,25,27);4-9,17H,3,11-13H2,1-2H3,(H,24,26). The van der Waals surface area contributed by atoms with Crippen molar-refractivity contribution in [1.29, 1.82) is 15.8 Å². The quantitative estimate of drug-likeness (QED) is 0.0578. The van der Waals surface area contributed by atoms with Gasteiger partial charge in [-0.1, -0.05) is 90.5 Å². The van der Waals surface area contributed by atoms with Gasteiger partial charge in [-0.25, -0.2) is 54.6 Å². The molecule has 0 radical (unpaired) electrons. The van der Waals surface area contributed by atoms with Crippen LogP contribution < -0.4 is 28.9 Å². The van der Waals surface area contributed by atoms with E-state index in [1.807, 2.05) is 30.0 Å². The summed E-state index contributed by atoms with van der Waals surface area (Å²) in [5, 5.41) is 28.5. The summed E-state index contributed by atoms with van der Waals surface area (Å²) in [5.74, 6) is -4.60. The Morgan fingerprint density at radius 1 is 0.448 bits per heavy atom. The van der Waals surface area contributed by atoms with Crippen LogP contribution in [-0.2, 0) is 75.9 Å². The van der Waals surface area contributed by atoms with Crippen LogP contribution in [0.1, 0.15) is 121 Å². The first-order valence-corrected chi connectivity index (χ1v) is 35.3. The van der Waals surface area contributed by atoms with E-state index in [1.54, 1.807) is 130 Å². The molecule has 0 aliphatic carbocycles. The topological polar surface area (TPSA) is 388 Å². The summed E-state index contributed by atoms with van der Waals surface area (Å²) >= 11 is 0. The molecule has 3 fully saturated rings. The Labute approximate surface area is 557 Å². The summed E-state index contributed by atoms with van der Waals surface area (Å²) in [6.45, 7) is 14.2. The van der Waals surface area contributed by atoms with Gasteiger partial charge in [0.25, 0.3) is 0 Å². The zero-order valence-corrected chi connectivity index (χ0v) is 56.3. The SMILES string of the molecule is CCOC(=O)c1cc(C#N)c(N2CC(C(=O)NS(=O)(=O)Cc3cccc(C)c3)C2)nc1C.CCOC(=O)c1cc(C#N)c(N2CC(C(=O)NS(=O)(=O)Cc3ccccc3)C2)nc1C.CCOC(=O)c1cc(C#N)c(N2CCC(C(=O)NS(=O)(=O)Cc3ccccc3)CC2)nc1C. The third-order valence-electron chi connectivity index (χ3n) is 15.3. The molecule has 504 valence electrons. The normalized spacial score (nSPS) is 14.0. The molecule has 6 heterocycles. The van der Waals surface area contributed by atoms with Gasteiger partial charge in [0.15, 0.2) is 0 Å². The lowest BCUT2D eigenvalue weighted by molar-refractivity contribution is -0.124. The Morgan fingerprint density at radius 2 is 0.760 bits per heavy atom. The van der Waals surface area contributed by atoms with E-state index in [2.05, 4.69) is 35.2 Å². The van der Waals surface area contributed by atoms with Gasteiger partial charge in [0.05, 0.1) is 99.4 Å². The van der Waals surface area contributed by atoms with E-state index in [9.17, 15) is 69.8 Å². The number of esters is 3. The molecule has 0 saturated carbocycles. The van der Waals surface area contributed by atoms with Gasteiger partial charge in [-0.05, 0) is 96.2 Å². The van der Waals surface area contributed by atoms with Crippen molar-refractivity contribution < 1.29 is 68.2 Å². The maximum Gasteiger partial charge on any atom is 0.340 e. The second-order valence-corrected chi connectivity index (χ2v) is 27.7. The predicted molar refractivity (Wildman–Crippen MR) is 352 cm³/mol. The fourth-order valence-electron chi connectivity index (χ4n) is 10.4. The number of nitrogens with zero attached hydrogens (tertiary/aromatic N) is 9. The lowest BCUT2D eigenvalue weighted by Crippen LogP contribution is -2.55. The van der Waals surface area contributed by atoms with E-state index in [-0.39, 0.29) is 96.6 Å². The van der Waals surface area contributed by atoms with Crippen molar-refractivity contribution in [3.8, 4) is 18.2 Å². The van der Waals surface area contributed by atoms with Crippen molar-refractivity contribution in [1.82, 2.24) is 29.1 Å². The molecule has 9 rings (SSSR count). The first-order chi connectivity index (χ1) is 45.6. The summed E-state index contributed by atoms with van der Waals surface area (Å²) < 4.78 is 95.4. The zero-order valence-electron chi connectivity index (χ0n) is 53.8. The minimum absolute atomic E-state index is 0.184. The zero-order chi connectivity index (χ0) is 70.1. The molecule has 3 aliphatic rings. The number of hydrogen-bond donors (Lipinski definition) is 3.